The van der Waals surface area contributed by atoms with E-state index in [2.05, 4.69) is 5.32 Å². The maximum atomic E-state index is 13.6. The third-order valence-electron chi connectivity index (χ3n) is 5.68. The van der Waals surface area contributed by atoms with Crippen LogP contribution in [0.2, 0.25) is 0 Å². The summed E-state index contributed by atoms with van der Waals surface area (Å²) in [5, 5.41) is 2.25. The van der Waals surface area contributed by atoms with Gasteiger partial charge in [0.25, 0.3) is 11.8 Å². The molecular formula is C28H25FN2O4. The molecule has 0 aromatic heterocycles. The van der Waals surface area contributed by atoms with E-state index in [1.807, 2.05) is 32.0 Å². The second-order valence-electron chi connectivity index (χ2n) is 8.35. The highest BCUT2D eigenvalue weighted by molar-refractivity contribution is 6.39. The first-order valence-electron chi connectivity index (χ1n) is 11.3. The summed E-state index contributed by atoms with van der Waals surface area (Å²) in [5.74, 6) is -1.21. The summed E-state index contributed by atoms with van der Waals surface area (Å²) < 4.78 is 19.4. The Balaban J connectivity index is 1.68. The Bertz CT molecular complexity index is 1360. The van der Waals surface area contributed by atoms with Crippen molar-refractivity contribution in [3.05, 3.63) is 99.9 Å². The highest BCUT2D eigenvalue weighted by Gasteiger charge is 2.37. The van der Waals surface area contributed by atoms with Gasteiger partial charge in [0.2, 0.25) is 0 Å². The molecule has 1 saturated heterocycles. The fourth-order valence-electron chi connectivity index (χ4n) is 4.06. The summed E-state index contributed by atoms with van der Waals surface area (Å²) in [5.41, 5.74) is 4.17. The number of barbiturate groups is 1. The molecule has 4 rings (SSSR count). The van der Waals surface area contributed by atoms with Crippen molar-refractivity contribution in [1.82, 2.24) is 5.32 Å². The van der Waals surface area contributed by atoms with Crippen molar-refractivity contribution in [2.75, 3.05) is 11.5 Å². The lowest BCUT2D eigenvalue weighted by Crippen LogP contribution is -2.54. The Morgan fingerprint density at radius 2 is 1.80 bits per heavy atom. The Labute approximate surface area is 203 Å². The predicted octanol–water partition coefficient (Wildman–Crippen LogP) is 5.10. The predicted molar refractivity (Wildman–Crippen MR) is 132 cm³/mol. The van der Waals surface area contributed by atoms with Crippen LogP contribution in [-0.2, 0) is 16.0 Å². The maximum absolute atomic E-state index is 13.6. The normalized spacial score (nSPS) is 14.9. The second kappa shape index (κ2) is 9.93. The minimum absolute atomic E-state index is 0.162. The number of benzene rings is 3. The van der Waals surface area contributed by atoms with Crippen LogP contribution in [0.3, 0.4) is 0 Å². The lowest BCUT2D eigenvalue weighted by atomic mass is 10.00. The van der Waals surface area contributed by atoms with Crippen LogP contribution in [0.1, 0.15) is 34.7 Å². The SMILES string of the molecule is CCOc1cc(/C=C2\C(=O)NC(=O)N(c3ccc(C)cc3C)C2=O)ccc1Cc1cccc(F)c1. The number of carbonyl (C=O) groups is 3. The van der Waals surface area contributed by atoms with E-state index in [0.717, 1.165) is 27.2 Å². The number of nitrogens with one attached hydrogen (secondary N) is 1. The molecule has 35 heavy (non-hydrogen) atoms. The molecule has 0 atom stereocenters. The van der Waals surface area contributed by atoms with Gasteiger partial charge in [-0.25, -0.2) is 14.1 Å². The van der Waals surface area contributed by atoms with Crippen molar-refractivity contribution in [3.63, 3.8) is 0 Å². The van der Waals surface area contributed by atoms with E-state index in [4.69, 9.17) is 4.74 Å². The zero-order chi connectivity index (χ0) is 25.1. The summed E-state index contributed by atoms with van der Waals surface area (Å²) in [4.78, 5) is 39.3. The molecule has 3 aromatic rings. The molecule has 0 aliphatic carbocycles. The quantitative estimate of drug-likeness (QED) is 0.400. The van der Waals surface area contributed by atoms with Gasteiger partial charge in [-0.05, 0) is 73.4 Å². The Hall–Kier alpha value is -4.26. The van der Waals surface area contributed by atoms with Gasteiger partial charge in [-0.1, -0.05) is 42.0 Å². The van der Waals surface area contributed by atoms with Crippen molar-refractivity contribution in [2.24, 2.45) is 0 Å². The third-order valence-corrected chi connectivity index (χ3v) is 5.68. The molecule has 178 valence electrons. The van der Waals surface area contributed by atoms with Crippen LogP contribution in [-0.4, -0.2) is 24.5 Å². The molecule has 1 N–H and O–H groups in total. The molecule has 4 amide bonds. The van der Waals surface area contributed by atoms with Crippen LogP contribution in [0.15, 0.2) is 66.2 Å². The molecule has 1 fully saturated rings. The Kier molecular flexibility index (Phi) is 6.78. The molecule has 0 spiro atoms. The van der Waals surface area contributed by atoms with Crippen LogP contribution >= 0.6 is 0 Å². The molecule has 0 radical (unpaired) electrons. The number of hydrogen-bond donors (Lipinski definition) is 1. The molecule has 0 bridgehead atoms. The third kappa shape index (κ3) is 5.14. The number of halogens is 1. The number of hydrogen-bond acceptors (Lipinski definition) is 4. The van der Waals surface area contributed by atoms with Crippen LogP contribution in [0.25, 0.3) is 6.08 Å². The highest BCUT2D eigenvalue weighted by Crippen LogP contribution is 2.28. The van der Waals surface area contributed by atoms with E-state index in [0.29, 0.717) is 30.0 Å². The largest absolute Gasteiger partial charge is 0.494 e. The molecule has 1 aliphatic rings. The van der Waals surface area contributed by atoms with E-state index in [9.17, 15) is 18.8 Å². The highest BCUT2D eigenvalue weighted by atomic mass is 19.1. The molecule has 3 aromatic carbocycles. The molecule has 1 aliphatic heterocycles. The van der Waals surface area contributed by atoms with E-state index < -0.39 is 17.8 Å². The first-order valence-corrected chi connectivity index (χ1v) is 11.3. The zero-order valence-corrected chi connectivity index (χ0v) is 19.7. The number of anilines is 1. The van der Waals surface area contributed by atoms with Crippen LogP contribution in [0, 0.1) is 19.7 Å². The number of carbonyl (C=O) groups excluding carboxylic acids is 3. The number of urea groups is 1. The van der Waals surface area contributed by atoms with Crippen LogP contribution in [0.4, 0.5) is 14.9 Å². The van der Waals surface area contributed by atoms with Gasteiger partial charge in [0.1, 0.15) is 17.1 Å². The maximum Gasteiger partial charge on any atom is 0.335 e. The minimum atomic E-state index is -0.787. The molecular weight excluding hydrogens is 447 g/mol. The van der Waals surface area contributed by atoms with Crippen molar-refractivity contribution in [2.45, 2.75) is 27.2 Å². The number of amides is 4. The fourth-order valence-corrected chi connectivity index (χ4v) is 4.06. The number of aryl methyl sites for hydroxylation is 2. The van der Waals surface area contributed by atoms with E-state index >= 15 is 0 Å². The molecule has 6 nitrogen and oxygen atoms in total. The number of nitrogens with zero attached hydrogens (tertiary/aromatic N) is 1. The summed E-state index contributed by atoms with van der Waals surface area (Å²) in [7, 11) is 0. The smallest absolute Gasteiger partial charge is 0.335 e. The monoisotopic (exact) mass is 472 g/mol. The topological polar surface area (TPSA) is 75.7 Å². The van der Waals surface area contributed by atoms with Crippen LogP contribution < -0.4 is 15.0 Å². The fraction of sp³-hybridized carbons (Fsp3) is 0.179. The lowest BCUT2D eigenvalue weighted by Gasteiger charge is -2.27. The van der Waals surface area contributed by atoms with Gasteiger partial charge >= 0.3 is 6.03 Å². The molecule has 0 unspecified atom stereocenters. The average Bonchev–Trinajstić information content (AvgIpc) is 2.80. The number of rotatable bonds is 6. The number of imide groups is 2. The standard InChI is InChI=1S/C28H25FN2O4/c1-4-35-25-16-20(9-10-21(25)13-19-6-5-7-22(29)14-19)15-23-26(32)30-28(34)31(27(23)33)24-11-8-17(2)12-18(24)3/h5-12,14-16H,4,13H2,1-3H3,(H,30,32,34)/b23-15+. The molecule has 0 saturated carbocycles. The van der Waals surface area contributed by atoms with Crippen molar-refractivity contribution >= 4 is 29.6 Å². The summed E-state index contributed by atoms with van der Waals surface area (Å²) >= 11 is 0. The zero-order valence-electron chi connectivity index (χ0n) is 19.7. The van der Waals surface area contributed by atoms with E-state index in [1.165, 1.54) is 18.2 Å². The molecule has 7 heteroatoms. The Morgan fingerprint density at radius 1 is 1.00 bits per heavy atom. The lowest BCUT2D eigenvalue weighted by molar-refractivity contribution is -0.122. The molecule has 1 heterocycles. The average molecular weight is 473 g/mol. The van der Waals surface area contributed by atoms with Gasteiger partial charge in [-0.15, -0.1) is 0 Å². The Morgan fingerprint density at radius 3 is 2.51 bits per heavy atom. The summed E-state index contributed by atoms with van der Waals surface area (Å²) in [6.07, 6.45) is 1.90. The van der Waals surface area contributed by atoms with Gasteiger partial charge < -0.3 is 4.74 Å². The first kappa shape index (κ1) is 23.9. The second-order valence-corrected chi connectivity index (χ2v) is 8.35. The summed E-state index contributed by atoms with van der Waals surface area (Å²) in [6.45, 7) is 5.97. The van der Waals surface area contributed by atoms with Gasteiger partial charge in [-0.2, -0.15) is 0 Å². The van der Waals surface area contributed by atoms with E-state index in [1.54, 1.807) is 37.3 Å². The minimum Gasteiger partial charge on any atom is -0.494 e. The van der Waals surface area contributed by atoms with Crippen LogP contribution in [0.5, 0.6) is 5.75 Å². The van der Waals surface area contributed by atoms with Crippen molar-refractivity contribution < 1.29 is 23.5 Å². The van der Waals surface area contributed by atoms with Gasteiger partial charge in [0, 0.05) is 6.42 Å². The van der Waals surface area contributed by atoms with Gasteiger partial charge in [0.15, 0.2) is 0 Å². The summed E-state index contributed by atoms with van der Waals surface area (Å²) in [6, 6.07) is 16.2. The van der Waals surface area contributed by atoms with Crippen molar-refractivity contribution in [3.8, 4) is 5.75 Å². The van der Waals surface area contributed by atoms with E-state index in [-0.39, 0.29) is 11.4 Å². The number of ether oxygens (including phenoxy) is 1. The van der Waals surface area contributed by atoms with Crippen molar-refractivity contribution in [1.29, 1.82) is 0 Å². The van der Waals surface area contributed by atoms with Gasteiger partial charge in [0.05, 0.1) is 12.3 Å². The van der Waals surface area contributed by atoms with Gasteiger partial charge in [-0.3, -0.25) is 14.9 Å². The first-order chi connectivity index (χ1) is 16.8.